The summed E-state index contributed by atoms with van der Waals surface area (Å²) in [7, 11) is 0. The van der Waals surface area contributed by atoms with E-state index in [9.17, 15) is 19.2 Å². The Morgan fingerprint density at radius 2 is 1.06 bits per heavy atom. The number of hydrogen-bond donors (Lipinski definition) is 0. The van der Waals surface area contributed by atoms with Gasteiger partial charge < -0.3 is 28.4 Å². The number of esters is 4. The molecule has 0 saturated heterocycles. The highest BCUT2D eigenvalue weighted by Gasteiger charge is 2.13. The van der Waals surface area contributed by atoms with Crippen LogP contribution in [0.25, 0.3) is 0 Å². The van der Waals surface area contributed by atoms with Crippen LogP contribution in [0.5, 0.6) is 23.0 Å². The van der Waals surface area contributed by atoms with Crippen molar-refractivity contribution in [2.75, 3.05) is 26.4 Å². The minimum Gasteiger partial charge on any atom is -0.494 e. The molecule has 4 aromatic carbocycles. The highest BCUT2D eigenvalue weighted by Crippen LogP contribution is 2.30. The van der Waals surface area contributed by atoms with Crippen molar-refractivity contribution in [3.05, 3.63) is 138 Å². The van der Waals surface area contributed by atoms with Crippen LogP contribution in [-0.2, 0) is 19.1 Å². The van der Waals surface area contributed by atoms with Crippen molar-refractivity contribution in [1.82, 2.24) is 0 Å². The molecule has 0 spiro atoms. The first-order valence-corrected chi connectivity index (χ1v) is 17.0. The lowest BCUT2D eigenvalue weighted by Crippen LogP contribution is -2.09. The van der Waals surface area contributed by atoms with Gasteiger partial charge in [0.05, 0.1) is 48.3 Å². The van der Waals surface area contributed by atoms with Crippen LogP contribution in [0.15, 0.2) is 121 Å². The third-order valence-electron chi connectivity index (χ3n) is 7.19. The monoisotopic (exact) mass is 739 g/mol. The molecular weight excluding hydrogens is 702 g/mol. The van der Waals surface area contributed by atoms with Gasteiger partial charge in [-0.05, 0) is 122 Å². The molecule has 11 nitrogen and oxygen atoms in total. The van der Waals surface area contributed by atoms with Gasteiger partial charge >= 0.3 is 23.9 Å². The summed E-state index contributed by atoms with van der Waals surface area (Å²) in [6.07, 6.45) is 6.56. The zero-order valence-corrected chi connectivity index (χ0v) is 29.6. The van der Waals surface area contributed by atoms with E-state index in [1.165, 1.54) is 0 Å². The lowest BCUT2D eigenvalue weighted by atomic mass is 10.2. The van der Waals surface area contributed by atoms with Gasteiger partial charge in [0.25, 0.3) is 0 Å². The number of hydrogen-bond acceptors (Lipinski definition) is 11. The minimum atomic E-state index is -0.584. The number of benzene rings is 4. The van der Waals surface area contributed by atoms with Crippen molar-refractivity contribution < 1.29 is 47.6 Å². The van der Waals surface area contributed by atoms with Crippen LogP contribution in [0.2, 0.25) is 5.02 Å². The van der Waals surface area contributed by atoms with E-state index in [-0.39, 0.29) is 10.8 Å². The smallest absolute Gasteiger partial charge is 0.343 e. The molecule has 0 aliphatic heterocycles. The minimum absolute atomic E-state index is 0.183. The van der Waals surface area contributed by atoms with Crippen molar-refractivity contribution in [1.29, 1.82) is 0 Å². The number of nitrogens with zero attached hydrogens (tertiary/aromatic N) is 1. The van der Waals surface area contributed by atoms with E-state index in [0.29, 0.717) is 86.2 Å². The maximum absolute atomic E-state index is 12.7. The fourth-order valence-electron chi connectivity index (χ4n) is 4.37. The van der Waals surface area contributed by atoms with E-state index in [1.807, 2.05) is 0 Å². The number of unbranched alkanes of at least 4 members (excludes halogenated alkanes) is 2. The standard InChI is InChI=1S/C41H38ClNO10/c1-3-38(44)50-25-7-5-23-48-33-18-11-30(12-19-33)40(46)52-35-16-9-29(10-17-35)28-43-32-15-22-37(36(42)27-32)53-41(47)31-13-20-34(21-14-31)49-24-6-8-26-51-39(45)4-2/h3-4,9-22,27-28H,1-2,5-8,23-26H2. The Morgan fingerprint density at radius 3 is 1.55 bits per heavy atom. The number of halogens is 1. The predicted octanol–water partition coefficient (Wildman–Crippen LogP) is 8.31. The molecule has 53 heavy (non-hydrogen) atoms. The van der Waals surface area contributed by atoms with Crippen LogP contribution in [0.3, 0.4) is 0 Å². The Hall–Kier alpha value is -6.20. The summed E-state index contributed by atoms with van der Waals surface area (Å²) in [6.45, 7) is 8.15. The molecule has 0 unspecified atom stereocenters. The van der Waals surface area contributed by atoms with Gasteiger partial charge in [-0.15, -0.1) is 0 Å². The third-order valence-corrected chi connectivity index (χ3v) is 7.48. The molecule has 0 radical (unpaired) electrons. The van der Waals surface area contributed by atoms with Crippen molar-refractivity contribution >= 4 is 47.4 Å². The van der Waals surface area contributed by atoms with Crippen LogP contribution in [0.4, 0.5) is 5.69 Å². The van der Waals surface area contributed by atoms with Gasteiger partial charge in [0, 0.05) is 18.4 Å². The Morgan fingerprint density at radius 1 is 0.585 bits per heavy atom. The van der Waals surface area contributed by atoms with E-state index in [1.54, 1.807) is 97.2 Å². The van der Waals surface area contributed by atoms with Gasteiger partial charge in [-0.2, -0.15) is 0 Å². The molecule has 0 saturated carbocycles. The molecule has 12 heteroatoms. The first-order valence-electron chi connectivity index (χ1n) is 16.7. The van der Waals surface area contributed by atoms with Gasteiger partial charge in [0.15, 0.2) is 0 Å². The number of carbonyl (C=O) groups is 4. The Bertz CT molecular complexity index is 1890. The molecule has 4 rings (SSSR count). The maximum atomic E-state index is 12.7. The summed E-state index contributed by atoms with van der Waals surface area (Å²) in [4.78, 5) is 51.9. The van der Waals surface area contributed by atoms with Gasteiger partial charge in [0.2, 0.25) is 0 Å². The van der Waals surface area contributed by atoms with Gasteiger partial charge in [-0.25, -0.2) is 19.2 Å². The molecule has 0 aromatic heterocycles. The molecule has 0 atom stereocenters. The first-order chi connectivity index (χ1) is 25.7. The molecule has 0 amide bonds. The SMILES string of the molecule is C=CC(=O)OCCCCOc1ccc(C(=O)Oc2ccc(C=Nc3ccc(OC(=O)c4ccc(OCCCCOC(=O)C=C)cc4)c(Cl)c3)cc2)cc1. The zero-order chi connectivity index (χ0) is 37.8. The molecule has 0 heterocycles. The highest BCUT2D eigenvalue weighted by atomic mass is 35.5. The van der Waals surface area contributed by atoms with E-state index < -0.39 is 23.9 Å². The molecular formula is C41H38ClNO10. The zero-order valence-electron chi connectivity index (χ0n) is 28.9. The second-order valence-electron chi connectivity index (χ2n) is 11.1. The fourth-order valence-corrected chi connectivity index (χ4v) is 4.59. The number of carbonyl (C=O) groups excluding carboxylic acids is 4. The average molecular weight is 740 g/mol. The molecule has 0 aliphatic rings. The van der Waals surface area contributed by atoms with E-state index in [0.717, 1.165) is 17.7 Å². The molecule has 274 valence electrons. The van der Waals surface area contributed by atoms with E-state index >= 15 is 0 Å². The first kappa shape index (κ1) is 39.6. The van der Waals surface area contributed by atoms with Gasteiger partial charge in [0.1, 0.15) is 23.0 Å². The van der Waals surface area contributed by atoms with E-state index in [2.05, 4.69) is 18.2 Å². The Balaban J connectivity index is 1.19. The second-order valence-corrected chi connectivity index (χ2v) is 11.5. The quantitative estimate of drug-likeness (QED) is 0.0286. The summed E-state index contributed by atoms with van der Waals surface area (Å²) < 4.78 is 32.2. The molecule has 4 aromatic rings. The third kappa shape index (κ3) is 13.8. The summed E-state index contributed by atoms with van der Waals surface area (Å²) in [5, 5.41) is 0.206. The highest BCUT2D eigenvalue weighted by molar-refractivity contribution is 6.32. The average Bonchev–Trinajstić information content (AvgIpc) is 3.18. The Labute approximate surface area is 312 Å². The topological polar surface area (TPSA) is 136 Å². The summed E-state index contributed by atoms with van der Waals surface area (Å²) >= 11 is 6.39. The Kier molecular flexibility index (Phi) is 15.9. The van der Waals surface area contributed by atoms with Crippen LogP contribution < -0.4 is 18.9 Å². The summed E-state index contributed by atoms with van der Waals surface area (Å²) in [5.41, 5.74) is 1.97. The van der Waals surface area contributed by atoms with Gasteiger partial charge in [-0.3, -0.25) is 4.99 Å². The second kappa shape index (κ2) is 21.2. The van der Waals surface area contributed by atoms with Crippen LogP contribution in [-0.4, -0.2) is 56.5 Å². The number of ether oxygens (including phenoxy) is 6. The molecule has 0 fully saturated rings. The largest absolute Gasteiger partial charge is 0.494 e. The van der Waals surface area contributed by atoms with Crippen LogP contribution in [0.1, 0.15) is 52.0 Å². The summed E-state index contributed by atoms with van der Waals surface area (Å²) in [5.74, 6) is -0.263. The summed E-state index contributed by atoms with van der Waals surface area (Å²) in [6, 6.07) is 24.7. The fraction of sp³-hybridized carbons (Fsp3) is 0.195. The maximum Gasteiger partial charge on any atom is 0.343 e. The van der Waals surface area contributed by atoms with Crippen LogP contribution in [0, 0.1) is 0 Å². The normalized spacial score (nSPS) is 10.6. The van der Waals surface area contributed by atoms with E-state index in [4.69, 9.17) is 40.0 Å². The molecule has 0 bridgehead atoms. The van der Waals surface area contributed by atoms with Crippen molar-refractivity contribution in [2.24, 2.45) is 4.99 Å². The lowest BCUT2D eigenvalue weighted by molar-refractivity contribution is -0.138. The van der Waals surface area contributed by atoms with Gasteiger partial charge in [-0.1, -0.05) is 24.8 Å². The molecule has 0 aliphatic carbocycles. The van der Waals surface area contributed by atoms with Crippen LogP contribution >= 0.6 is 11.6 Å². The van der Waals surface area contributed by atoms with Crippen molar-refractivity contribution in [3.63, 3.8) is 0 Å². The number of rotatable bonds is 20. The predicted molar refractivity (Wildman–Crippen MR) is 200 cm³/mol. The number of aliphatic imine (C=N–C) groups is 1. The van der Waals surface area contributed by atoms with Crippen molar-refractivity contribution in [3.8, 4) is 23.0 Å². The molecule has 0 N–H and O–H groups in total. The lowest BCUT2D eigenvalue weighted by Gasteiger charge is -2.09. The van der Waals surface area contributed by atoms with Crippen molar-refractivity contribution in [2.45, 2.75) is 25.7 Å².